The summed E-state index contributed by atoms with van der Waals surface area (Å²) in [6.07, 6.45) is -0.709. The number of carbonyl (C=O) groups excluding carboxylic acids is 3. The van der Waals surface area contributed by atoms with Crippen LogP contribution in [-0.2, 0) is 25.7 Å². The molecule has 1 rings (SSSR count). The second kappa shape index (κ2) is 8.90. The van der Waals surface area contributed by atoms with Crippen LogP contribution in [0.3, 0.4) is 0 Å². The van der Waals surface area contributed by atoms with Crippen LogP contribution in [0.2, 0.25) is 0 Å². The molecule has 0 radical (unpaired) electrons. The highest BCUT2D eigenvalue weighted by atomic mass is 16.6. The largest absolute Gasteiger partial charge is 0.458 e. The van der Waals surface area contributed by atoms with Gasteiger partial charge in [0.1, 0.15) is 24.8 Å². The number of benzene rings is 1. The van der Waals surface area contributed by atoms with Crippen molar-refractivity contribution in [1.29, 1.82) is 0 Å². The molecule has 0 fully saturated rings. The maximum Gasteiger partial charge on any atom is 0.407 e. The molecule has 1 aromatic rings. The molecule has 24 heavy (non-hydrogen) atoms. The van der Waals surface area contributed by atoms with Gasteiger partial charge in [-0.2, -0.15) is 0 Å². The molecule has 0 heterocycles. The minimum absolute atomic E-state index is 0.114. The summed E-state index contributed by atoms with van der Waals surface area (Å²) in [5.41, 5.74) is 0.214. The average Bonchev–Trinajstić information content (AvgIpc) is 2.50. The van der Waals surface area contributed by atoms with E-state index in [0.717, 1.165) is 5.56 Å². The van der Waals surface area contributed by atoms with Crippen molar-refractivity contribution < 1.29 is 23.9 Å². The number of ether oxygens (including phenoxy) is 2. The molecule has 1 aromatic carbocycles. The van der Waals surface area contributed by atoms with E-state index in [1.807, 2.05) is 30.3 Å². The molecule has 1 atom stereocenters. The van der Waals surface area contributed by atoms with Crippen LogP contribution in [0.5, 0.6) is 0 Å². The Balaban J connectivity index is 2.27. The van der Waals surface area contributed by atoms with E-state index in [0.29, 0.717) is 0 Å². The van der Waals surface area contributed by atoms with Crippen molar-refractivity contribution in [3.63, 3.8) is 0 Å². The Bertz CT molecular complexity index is 566. The highest BCUT2D eigenvalue weighted by Gasteiger charge is 2.23. The standard InChI is InChI=1S/C17H24N2O5/c1-12(15(21)24-17(2,3)4)19-14(20)10-18-16(22)23-11-13-8-6-5-7-9-13/h5-9,12H,10-11H2,1-4H3,(H,18,22)(H,19,20). The third-order valence-corrected chi connectivity index (χ3v) is 2.74. The van der Waals surface area contributed by atoms with Gasteiger partial charge in [0.25, 0.3) is 0 Å². The normalized spacial score (nSPS) is 12.0. The van der Waals surface area contributed by atoms with Gasteiger partial charge in [0.2, 0.25) is 5.91 Å². The first-order valence-electron chi connectivity index (χ1n) is 7.64. The van der Waals surface area contributed by atoms with Crippen molar-refractivity contribution in [3.8, 4) is 0 Å². The van der Waals surface area contributed by atoms with E-state index in [-0.39, 0.29) is 13.2 Å². The lowest BCUT2D eigenvalue weighted by Crippen LogP contribution is -2.46. The number of carbonyl (C=O) groups is 3. The summed E-state index contributed by atoms with van der Waals surface area (Å²) in [6, 6.07) is 8.37. The molecule has 2 amide bonds. The number of hydrogen-bond donors (Lipinski definition) is 2. The first kappa shape index (κ1) is 19.5. The van der Waals surface area contributed by atoms with Crippen LogP contribution in [-0.4, -0.2) is 36.2 Å². The lowest BCUT2D eigenvalue weighted by atomic mass is 10.2. The van der Waals surface area contributed by atoms with E-state index in [9.17, 15) is 14.4 Å². The van der Waals surface area contributed by atoms with Gasteiger partial charge in [-0.1, -0.05) is 30.3 Å². The Morgan fingerprint density at radius 1 is 1.12 bits per heavy atom. The number of alkyl carbamates (subject to hydrolysis) is 1. The Morgan fingerprint density at radius 2 is 1.75 bits per heavy atom. The second-order valence-electron chi connectivity index (χ2n) is 6.24. The summed E-state index contributed by atoms with van der Waals surface area (Å²) < 4.78 is 10.1. The molecule has 132 valence electrons. The Kier molecular flexibility index (Phi) is 7.23. The zero-order valence-corrected chi connectivity index (χ0v) is 14.4. The molecule has 2 N–H and O–H groups in total. The van der Waals surface area contributed by atoms with Crippen molar-refractivity contribution in [1.82, 2.24) is 10.6 Å². The van der Waals surface area contributed by atoms with E-state index < -0.39 is 29.6 Å². The molecule has 7 heteroatoms. The molecular formula is C17H24N2O5. The minimum atomic E-state index is -0.807. The molecule has 1 unspecified atom stereocenters. The first-order chi connectivity index (χ1) is 11.2. The maximum atomic E-state index is 11.7. The smallest absolute Gasteiger partial charge is 0.407 e. The molecule has 7 nitrogen and oxygen atoms in total. The van der Waals surface area contributed by atoms with Crippen molar-refractivity contribution in [2.45, 2.75) is 45.9 Å². The fraction of sp³-hybridized carbons (Fsp3) is 0.471. The minimum Gasteiger partial charge on any atom is -0.458 e. The van der Waals surface area contributed by atoms with Gasteiger partial charge in [-0.25, -0.2) is 9.59 Å². The Morgan fingerprint density at radius 3 is 2.33 bits per heavy atom. The summed E-state index contributed by atoms with van der Waals surface area (Å²) in [6.45, 7) is 6.56. The zero-order valence-electron chi connectivity index (χ0n) is 14.4. The average molecular weight is 336 g/mol. The maximum absolute atomic E-state index is 11.7. The van der Waals surface area contributed by atoms with Gasteiger partial charge in [-0.3, -0.25) is 4.79 Å². The summed E-state index contributed by atoms with van der Waals surface area (Å²) >= 11 is 0. The lowest BCUT2D eigenvalue weighted by molar-refractivity contribution is -0.158. The van der Waals surface area contributed by atoms with Crippen LogP contribution in [0.4, 0.5) is 4.79 Å². The van der Waals surface area contributed by atoms with E-state index in [4.69, 9.17) is 9.47 Å². The van der Waals surface area contributed by atoms with Gasteiger partial charge in [0, 0.05) is 0 Å². The van der Waals surface area contributed by atoms with Crippen LogP contribution in [0.15, 0.2) is 30.3 Å². The highest BCUT2D eigenvalue weighted by Crippen LogP contribution is 2.08. The van der Waals surface area contributed by atoms with E-state index >= 15 is 0 Å². The SMILES string of the molecule is CC(NC(=O)CNC(=O)OCc1ccccc1)C(=O)OC(C)(C)C. The molecular weight excluding hydrogens is 312 g/mol. The summed E-state index contributed by atoms with van der Waals surface area (Å²) in [7, 11) is 0. The van der Waals surface area contributed by atoms with Crippen molar-refractivity contribution in [2.75, 3.05) is 6.54 Å². The second-order valence-corrected chi connectivity index (χ2v) is 6.24. The zero-order chi connectivity index (χ0) is 18.2. The Labute approximate surface area is 141 Å². The molecule has 0 bridgehead atoms. The topological polar surface area (TPSA) is 93.7 Å². The van der Waals surface area contributed by atoms with Crippen molar-refractivity contribution in [3.05, 3.63) is 35.9 Å². The highest BCUT2D eigenvalue weighted by molar-refractivity contribution is 5.87. The number of amides is 2. The number of rotatable bonds is 6. The monoisotopic (exact) mass is 336 g/mol. The van der Waals surface area contributed by atoms with Crippen LogP contribution >= 0.6 is 0 Å². The fourth-order valence-electron chi connectivity index (χ4n) is 1.67. The molecule has 0 aliphatic carbocycles. The van der Waals surface area contributed by atoms with E-state index in [1.165, 1.54) is 6.92 Å². The molecule has 0 saturated carbocycles. The first-order valence-corrected chi connectivity index (χ1v) is 7.64. The number of hydrogen-bond acceptors (Lipinski definition) is 5. The lowest BCUT2D eigenvalue weighted by Gasteiger charge is -2.22. The van der Waals surface area contributed by atoms with Gasteiger partial charge in [-0.05, 0) is 33.3 Å². The summed E-state index contributed by atoms with van der Waals surface area (Å²) in [4.78, 5) is 35.0. The molecule has 0 aliphatic rings. The van der Waals surface area contributed by atoms with Gasteiger partial charge in [0.05, 0.1) is 0 Å². The third-order valence-electron chi connectivity index (χ3n) is 2.74. The van der Waals surface area contributed by atoms with Crippen LogP contribution in [0.1, 0.15) is 33.3 Å². The van der Waals surface area contributed by atoms with Gasteiger partial charge in [-0.15, -0.1) is 0 Å². The van der Waals surface area contributed by atoms with E-state index in [2.05, 4.69) is 10.6 Å². The number of esters is 1. The predicted molar refractivity (Wildman–Crippen MR) is 88.1 cm³/mol. The Hall–Kier alpha value is -2.57. The van der Waals surface area contributed by atoms with Gasteiger partial charge >= 0.3 is 12.1 Å². The predicted octanol–water partition coefficient (Wildman–Crippen LogP) is 1.76. The molecule has 0 aromatic heterocycles. The summed E-state index contributed by atoms with van der Waals surface area (Å²) in [5.74, 6) is -1.05. The van der Waals surface area contributed by atoms with Crippen molar-refractivity contribution in [2.24, 2.45) is 0 Å². The number of nitrogens with one attached hydrogen (secondary N) is 2. The van der Waals surface area contributed by atoms with Crippen LogP contribution < -0.4 is 10.6 Å². The molecule has 0 spiro atoms. The van der Waals surface area contributed by atoms with E-state index in [1.54, 1.807) is 20.8 Å². The quantitative estimate of drug-likeness (QED) is 0.772. The van der Waals surface area contributed by atoms with Crippen molar-refractivity contribution >= 4 is 18.0 Å². The molecule has 0 aliphatic heterocycles. The van der Waals surface area contributed by atoms with Crippen LogP contribution in [0, 0.1) is 0 Å². The van der Waals surface area contributed by atoms with Crippen LogP contribution in [0.25, 0.3) is 0 Å². The summed E-state index contributed by atoms with van der Waals surface area (Å²) in [5, 5.41) is 4.77. The molecule has 0 saturated heterocycles. The fourth-order valence-corrected chi connectivity index (χ4v) is 1.67. The van der Waals surface area contributed by atoms with Gasteiger partial charge < -0.3 is 20.1 Å². The third kappa shape index (κ3) is 8.17. The van der Waals surface area contributed by atoms with Gasteiger partial charge in [0.15, 0.2) is 0 Å².